The summed E-state index contributed by atoms with van der Waals surface area (Å²) in [7, 11) is -2.38. The lowest BCUT2D eigenvalue weighted by atomic mass is 10.2. The van der Waals surface area contributed by atoms with Gasteiger partial charge in [0.2, 0.25) is 0 Å². The number of aromatic nitrogens is 2. The molecule has 1 heterocycles. The molecule has 0 unspecified atom stereocenters. The standard InChI is InChI=1S/C11H12ClN3O3S/c1-7-9(4-3-5-10(7)16)14-19(17,18)11-8(12)6-13-15(11)2/h3-6,14,16H,1-2H3. The summed E-state index contributed by atoms with van der Waals surface area (Å²) < 4.78 is 28.0. The van der Waals surface area contributed by atoms with Crippen molar-refractivity contribution in [1.82, 2.24) is 9.78 Å². The Morgan fingerprint density at radius 3 is 2.68 bits per heavy atom. The summed E-state index contributed by atoms with van der Waals surface area (Å²) in [6, 6.07) is 4.58. The highest BCUT2D eigenvalue weighted by atomic mass is 35.5. The fourth-order valence-corrected chi connectivity index (χ4v) is 3.41. The number of sulfonamides is 1. The Labute approximate surface area is 115 Å². The van der Waals surface area contributed by atoms with E-state index in [0.717, 1.165) is 0 Å². The molecule has 0 aliphatic rings. The first kappa shape index (κ1) is 13.7. The van der Waals surface area contributed by atoms with Gasteiger partial charge in [0.15, 0.2) is 5.03 Å². The number of aryl methyl sites for hydroxylation is 1. The van der Waals surface area contributed by atoms with Crippen molar-refractivity contribution in [3.05, 3.63) is 35.0 Å². The van der Waals surface area contributed by atoms with Gasteiger partial charge < -0.3 is 5.11 Å². The van der Waals surface area contributed by atoms with Crippen LogP contribution in [-0.2, 0) is 17.1 Å². The van der Waals surface area contributed by atoms with Crippen LogP contribution in [0.2, 0.25) is 5.02 Å². The topological polar surface area (TPSA) is 84.2 Å². The van der Waals surface area contributed by atoms with Crippen LogP contribution in [0.3, 0.4) is 0 Å². The quantitative estimate of drug-likeness (QED) is 0.906. The molecule has 0 spiro atoms. The van der Waals surface area contributed by atoms with E-state index in [1.165, 1.54) is 24.0 Å². The number of phenolic OH excluding ortho intramolecular Hbond substituents is 1. The maximum atomic E-state index is 12.2. The Balaban J connectivity index is 2.46. The molecule has 0 amide bonds. The highest BCUT2D eigenvalue weighted by molar-refractivity contribution is 7.92. The van der Waals surface area contributed by atoms with Crippen molar-refractivity contribution in [3.63, 3.8) is 0 Å². The first-order chi connectivity index (χ1) is 8.83. The lowest BCUT2D eigenvalue weighted by Gasteiger charge is -2.11. The van der Waals surface area contributed by atoms with Gasteiger partial charge in [-0.1, -0.05) is 17.7 Å². The van der Waals surface area contributed by atoms with Crippen molar-refractivity contribution < 1.29 is 13.5 Å². The van der Waals surface area contributed by atoms with E-state index in [0.29, 0.717) is 5.56 Å². The Morgan fingerprint density at radius 2 is 2.11 bits per heavy atom. The van der Waals surface area contributed by atoms with Crippen LogP contribution in [0.15, 0.2) is 29.4 Å². The lowest BCUT2D eigenvalue weighted by Crippen LogP contribution is -2.17. The van der Waals surface area contributed by atoms with E-state index in [9.17, 15) is 13.5 Å². The van der Waals surface area contributed by atoms with E-state index in [1.54, 1.807) is 19.1 Å². The number of benzene rings is 1. The summed E-state index contributed by atoms with van der Waals surface area (Å²) in [6.07, 6.45) is 1.26. The molecular formula is C11H12ClN3O3S. The average Bonchev–Trinajstić information content (AvgIpc) is 2.65. The van der Waals surface area contributed by atoms with E-state index in [2.05, 4.69) is 9.82 Å². The third-order valence-corrected chi connectivity index (χ3v) is 4.52. The first-order valence-electron chi connectivity index (χ1n) is 5.32. The number of nitrogens with one attached hydrogen (secondary N) is 1. The number of hydrogen-bond donors (Lipinski definition) is 2. The van der Waals surface area contributed by atoms with Crippen molar-refractivity contribution >= 4 is 27.3 Å². The molecule has 102 valence electrons. The summed E-state index contributed by atoms with van der Waals surface area (Å²) in [4.78, 5) is 0. The summed E-state index contributed by atoms with van der Waals surface area (Å²) in [5.41, 5.74) is 0.724. The van der Waals surface area contributed by atoms with Crippen LogP contribution in [0, 0.1) is 6.92 Å². The van der Waals surface area contributed by atoms with Gasteiger partial charge >= 0.3 is 0 Å². The maximum Gasteiger partial charge on any atom is 0.280 e. The second kappa shape index (κ2) is 4.75. The van der Waals surface area contributed by atoms with Crippen LogP contribution in [0.25, 0.3) is 0 Å². The Morgan fingerprint density at radius 1 is 1.42 bits per heavy atom. The third-order valence-electron chi connectivity index (χ3n) is 2.65. The van der Waals surface area contributed by atoms with E-state index < -0.39 is 10.0 Å². The molecule has 0 aliphatic carbocycles. The largest absolute Gasteiger partial charge is 0.508 e. The van der Waals surface area contributed by atoms with Crippen LogP contribution >= 0.6 is 11.6 Å². The molecule has 0 fully saturated rings. The van der Waals surface area contributed by atoms with Crippen molar-refractivity contribution in [2.24, 2.45) is 7.05 Å². The number of hydrogen-bond acceptors (Lipinski definition) is 4. The molecule has 2 aromatic rings. The van der Waals surface area contributed by atoms with Gasteiger partial charge in [-0.15, -0.1) is 0 Å². The minimum absolute atomic E-state index is 0.0105. The molecular weight excluding hydrogens is 290 g/mol. The molecule has 0 atom stereocenters. The molecule has 0 radical (unpaired) electrons. The number of nitrogens with zero attached hydrogens (tertiary/aromatic N) is 2. The second-order valence-corrected chi connectivity index (χ2v) is 5.98. The summed E-state index contributed by atoms with van der Waals surface area (Å²) in [5.74, 6) is 0.0105. The predicted molar refractivity (Wildman–Crippen MR) is 71.9 cm³/mol. The van der Waals surface area contributed by atoms with Crippen LogP contribution < -0.4 is 4.72 Å². The molecule has 0 saturated heterocycles. The number of anilines is 1. The molecule has 0 saturated carbocycles. The van der Waals surface area contributed by atoms with E-state index in [-0.39, 0.29) is 21.5 Å². The molecule has 0 bridgehead atoms. The van der Waals surface area contributed by atoms with Crippen LogP contribution in [0.5, 0.6) is 5.75 Å². The normalized spacial score (nSPS) is 11.5. The minimum atomic E-state index is -3.86. The molecule has 2 N–H and O–H groups in total. The van der Waals surface area contributed by atoms with Crippen LogP contribution in [-0.4, -0.2) is 23.3 Å². The SMILES string of the molecule is Cc1c(O)cccc1NS(=O)(=O)c1c(Cl)cnn1C. The molecule has 8 heteroatoms. The molecule has 19 heavy (non-hydrogen) atoms. The van der Waals surface area contributed by atoms with Crippen LogP contribution in [0.4, 0.5) is 5.69 Å². The predicted octanol–water partition coefficient (Wildman–Crippen LogP) is 1.89. The van der Waals surface area contributed by atoms with Gasteiger partial charge in [0.25, 0.3) is 10.0 Å². The smallest absolute Gasteiger partial charge is 0.280 e. The highest BCUT2D eigenvalue weighted by Gasteiger charge is 2.23. The van der Waals surface area contributed by atoms with Gasteiger partial charge in [0.05, 0.1) is 16.9 Å². The van der Waals surface area contributed by atoms with E-state index in [4.69, 9.17) is 11.6 Å². The maximum absolute atomic E-state index is 12.2. The van der Waals surface area contributed by atoms with E-state index >= 15 is 0 Å². The molecule has 0 aliphatic heterocycles. The number of aromatic hydroxyl groups is 1. The van der Waals surface area contributed by atoms with Crippen molar-refractivity contribution in [1.29, 1.82) is 0 Å². The summed E-state index contributed by atoms with van der Waals surface area (Å²) in [5, 5.41) is 13.2. The van der Waals surface area contributed by atoms with E-state index in [1.807, 2.05) is 0 Å². The minimum Gasteiger partial charge on any atom is -0.508 e. The summed E-state index contributed by atoms with van der Waals surface area (Å²) >= 11 is 5.81. The van der Waals surface area contributed by atoms with Crippen LogP contribution in [0.1, 0.15) is 5.56 Å². The Hall–Kier alpha value is -1.73. The third kappa shape index (κ3) is 2.52. The van der Waals surface area contributed by atoms with Gasteiger partial charge in [-0.05, 0) is 19.1 Å². The second-order valence-electron chi connectivity index (χ2n) is 3.98. The molecule has 6 nitrogen and oxygen atoms in total. The first-order valence-corrected chi connectivity index (χ1v) is 7.18. The van der Waals surface area contributed by atoms with Gasteiger partial charge in [-0.25, -0.2) is 0 Å². The lowest BCUT2D eigenvalue weighted by molar-refractivity contribution is 0.471. The molecule has 1 aromatic heterocycles. The van der Waals surface area contributed by atoms with Gasteiger partial charge in [-0.3, -0.25) is 9.40 Å². The zero-order valence-electron chi connectivity index (χ0n) is 10.3. The molecule has 1 aromatic carbocycles. The summed E-state index contributed by atoms with van der Waals surface area (Å²) in [6.45, 7) is 1.61. The van der Waals surface area contributed by atoms with Crippen molar-refractivity contribution in [3.8, 4) is 5.75 Å². The highest BCUT2D eigenvalue weighted by Crippen LogP contribution is 2.28. The fraction of sp³-hybridized carbons (Fsp3) is 0.182. The zero-order valence-corrected chi connectivity index (χ0v) is 11.8. The fourth-order valence-electron chi connectivity index (χ4n) is 1.63. The number of rotatable bonds is 3. The Bertz CT molecular complexity index is 705. The zero-order chi connectivity index (χ0) is 14.2. The molecule has 2 rings (SSSR count). The Kier molecular flexibility index (Phi) is 3.42. The van der Waals surface area contributed by atoms with Crippen molar-refractivity contribution in [2.75, 3.05) is 4.72 Å². The van der Waals surface area contributed by atoms with Gasteiger partial charge in [0.1, 0.15) is 5.75 Å². The monoisotopic (exact) mass is 301 g/mol. The number of halogens is 1. The van der Waals surface area contributed by atoms with Crippen molar-refractivity contribution in [2.45, 2.75) is 11.9 Å². The average molecular weight is 302 g/mol. The number of phenols is 1. The van der Waals surface area contributed by atoms with Gasteiger partial charge in [0, 0.05) is 12.6 Å². The van der Waals surface area contributed by atoms with Gasteiger partial charge in [-0.2, -0.15) is 13.5 Å².